The van der Waals surface area contributed by atoms with Gasteiger partial charge in [-0.3, -0.25) is 9.89 Å². The van der Waals surface area contributed by atoms with Gasteiger partial charge in [-0.2, -0.15) is 5.10 Å². The molecule has 0 saturated heterocycles. The van der Waals surface area contributed by atoms with Crippen LogP contribution in [0.15, 0.2) is 0 Å². The Morgan fingerprint density at radius 1 is 1.56 bits per heavy atom. The van der Waals surface area contributed by atoms with E-state index in [9.17, 15) is 4.79 Å². The number of nitrogens with zero attached hydrogens (tertiary/aromatic N) is 1. The van der Waals surface area contributed by atoms with Gasteiger partial charge in [0.2, 0.25) is 5.91 Å². The Kier molecular flexibility index (Phi) is 2.99. The lowest BCUT2D eigenvalue weighted by atomic mass is 9.95. The number of nitrogens with one attached hydrogen (secondary N) is 2. The molecule has 16 heavy (non-hydrogen) atoms. The van der Waals surface area contributed by atoms with Crippen molar-refractivity contribution < 1.29 is 4.79 Å². The standard InChI is InChI=1S/C12H19N3O/c1-7(6-11(16)13-10-4-5-10)12-8(2)14-15-9(12)3/h7,10H,4-6H2,1-3H3,(H,13,16)(H,14,15). The fraction of sp³-hybridized carbons (Fsp3) is 0.667. The van der Waals surface area contributed by atoms with Crippen molar-refractivity contribution in [3.05, 3.63) is 17.0 Å². The Morgan fingerprint density at radius 2 is 2.25 bits per heavy atom. The lowest BCUT2D eigenvalue weighted by Gasteiger charge is -2.11. The maximum Gasteiger partial charge on any atom is 0.220 e. The average molecular weight is 221 g/mol. The molecule has 1 aliphatic rings. The second kappa shape index (κ2) is 4.28. The largest absolute Gasteiger partial charge is 0.353 e. The summed E-state index contributed by atoms with van der Waals surface area (Å²) in [5, 5.41) is 10.1. The fourth-order valence-corrected chi connectivity index (χ4v) is 2.18. The van der Waals surface area contributed by atoms with Gasteiger partial charge in [-0.15, -0.1) is 0 Å². The summed E-state index contributed by atoms with van der Waals surface area (Å²) in [6.07, 6.45) is 2.84. The number of hydrogen-bond donors (Lipinski definition) is 2. The van der Waals surface area contributed by atoms with E-state index in [2.05, 4.69) is 22.4 Å². The molecule has 4 heteroatoms. The normalized spacial score (nSPS) is 17.2. The third-order valence-corrected chi connectivity index (χ3v) is 3.11. The number of H-pyrrole nitrogens is 1. The van der Waals surface area contributed by atoms with Gasteiger partial charge in [0.25, 0.3) is 0 Å². The van der Waals surface area contributed by atoms with Crippen LogP contribution >= 0.6 is 0 Å². The summed E-state index contributed by atoms with van der Waals surface area (Å²) in [7, 11) is 0. The van der Waals surface area contributed by atoms with Gasteiger partial charge in [-0.1, -0.05) is 6.92 Å². The molecule has 1 aliphatic carbocycles. The van der Waals surface area contributed by atoms with Gasteiger partial charge in [-0.25, -0.2) is 0 Å². The number of carbonyl (C=O) groups excluding carboxylic acids is 1. The van der Waals surface area contributed by atoms with Crippen LogP contribution in [0.25, 0.3) is 0 Å². The molecule has 88 valence electrons. The van der Waals surface area contributed by atoms with Crippen molar-refractivity contribution in [1.82, 2.24) is 15.5 Å². The molecule has 4 nitrogen and oxygen atoms in total. The van der Waals surface area contributed by atoms with Gasteiger partial charge in [0.1, 0.15) is 0 Å². The van der Waals surface area contributed by atoms with Crippen LogP contribution in [-0.2, 0) is 4.79 Å². The molecule has 0 aromatic carbocycles. The monoisotopic (exact) mass is 221 g/mol. The van der Waals surface area contributed by atoms with Crippen LogP contribution in [0.1, 0.15) is 49.1 Å². The average Bonchev–Trinajstić information content (AvgIpc) is 2.92. The molecule has 1 unspecified atom stereocenters. The molecule has 1 heterocycles. The van der Waals surface area contributed by atoms with Crippen LogP contribution in [0.4, 0.5) is 0 Å². The third kappa shape index (κ3) is 2.43. The summed E-state index contributed by atoms with van der Waals surface area (Å²) in [5.74, 6) is 0.396. The van der Waals surface area contributed by atoms with E-state index in [4.69, 9.17) is 0 Å². The predicted molar refractivity (Wildman–Crippen MR) is 62.3 cm³/mol. The van der Waals surface area contributed by atoms with E-state index in [1.807, 2.05) is 13.8 Å². The summed E-state index contributed by atoms with van der Waals surface area (Å²) < 4.78 is 0. The zero-order chi connectivity index (χ0) is 11.7. The first-order chi connectivity index (χ1) is 7.58. The molecule has 0 aliphatic heterocycles. The molecule has 1 amide bonds. The minimum atomic E-state index is 0.162. The highest BCUT2D eigenvalue weighted by atomic mass is 16.1. The van der Waals surface area contributed by atoms with Crippen molar-refractivity contribution >= 4 is 5.91 Å². The van der Waals surface area contributed by atoms with E-state index in [1.54, 1.807) is 0 Å². The summed E-state index contributed by atoms with van der Waals surface area (Å²) in [6.45, 7) is 6.07. The molecule has 1 atom stereocenters. The van der Waals surface area contributed by atoms with Crippen LogP contribution in [0.2, 0.25) is 0 Å². The van der Waals surface area contributed by atoms with Crippen molar-refractivity contribution in [3.8, 4) is 0 Å². The van der Waals surface area contributed by atoms with Crippen LogP contribution in [-0.4, -0.2) is 22.1 Å². The minimum Gasteiger partial charge on any atom is -0.353 e. The lowest BCUT2D eigenvalue weighted by Crippen LogP contribution is -2.26. The summed E-state index contributed by atoms with van der Waals surface area (Å²) in [4.78, 5) is 11.7. The Bertz CT molecular complexity index is 373. The van der Waals surface area contributed by atoms with Crippen molar-refractivity contribution in [3.63, 3.8) is 0 Å². The molecule has 0 radical (unpaired) electrons. The third-order valence-electron chi connectivity index (χ3n) is 3.11. The highest BCUT2D eigenvalue weighted by Crippen LogP contribution is 2.25. The zero-order valence-corrected chi connectivity index (χ0v) is 10.1. The van der Waals surface area contributed by atoms with Gasteiger partial charge in [0.05, 0.1) is 5.69 Å². The number of aromatic amines is 1. The fourth-order valence-electron chi connectivity index (χ4n) is 2.18. The van der Waals surface area contributed by atoms with E-state index in [0.29, 0.717) is 12.5 Å². The smallest absolute Gasteiger partial charge is 0.220 e. The van der Waals surface area contributed by atoms with Gasteiger partial charge in [-0.05, 0) is 38.2 Å². The molecule has 0 bridgehead atoms. The first-order valence-corrected chi connectivity index (χ1v) is 5.88. The van der Waals surface area contributed by atoms with Gasteiger partial charge in [0, 0.05) is 18.2 Å². The Morgan fingerprint density at radius 3 is 2.75 bits per heavy atom. The topological polar surface area (TPSA) is 57.8 Å². The van der Waals surface area contributed by atoms with E-state index in [1.165, 1.54) is 5.56 Å². The van der Waals surface area contributed by atoms with Crippen LogP contribution in [0, 0.1) is 13.8 Å². The SMILES string of the molecule is Cc1n[nH]c(C)c1C(C)CC(=O)NC1CC1. The maximum atomic E-state index is 11.7. The molecular formula is C12H19N3O. The van der Waals surface area contributed by atoms with E-state index in [0.717, 1.165) is 24.2 Å². The molecule has 0 spiro atoms. The highest BCUT2D eigenvalue weighted by molar-refractivity contribution is 5.77. The summed E-state index contributed by atoms with van der Waals surface area (Å²) in [5.41, 5.74) is 3.26. The number of aromatic nitrogens is 2. The second-order valence-electron chi connectivity index (χ2n) is 4.79. The first-order valence-electron chi connectivity index (χ1n) is 5.88. The summed E-state index contributed by atoms with van der Waals surface area (Å²) in [6, 6.07) is 0.450. The van der Waals surface area contributed by atoms with E-state index < -0.39 is 0 Å². The Balaban J connectivity index is 1.96. The molecule has 1 fully saturated rings. The van der Waals surface area contributed by atoms with Gasteiger partial charge < -0.3 is 5.32 Å². The van der Waals surface area contributed by atoms with Crippen molar-refractivity contribution in [2.45, 2.75) is 52.0 Å². The number of rotatable bonds is 4. The molecule has 2 N–H and O–H groups in total. The first kappa shape index (κ1) is 11.2. The molecule has 2 rings (SSSR count). The molecule has 1 aromatic rings. The quantitative estimate of drug-likeness (QED) is 0.814. The number of amides is 1. The van der Waals surface area contributed by atoms with Crippen molar-refractivity contribution in [2.75, 3.05) is 0 Å². The van der Waals surface area contributed by atoms with Gasteiger partial charge >= 0.3 is 0 Å². The molecule has 1 saturated carbocycles. The Labute approximate surface area is 95.8 Å². The van der Waals surface area contributed by atoms with Crippen LogP contribution in [0.3, 0.4) is 0 Å². The van der Waals surface area contributed by atoms with Crippen molar-refractivity contribution in [2.24, 2.45) is 0 Å². The Hall–Kier alpha value is -1.32. The van der Waals surface area contributed by atoms with E-state index >= 15 is 0 Å². The van der Waals surface area contributed by atoms with Crippen LogP contribution in [0.5, 0.6) is 0 Å². The molecular weight excluding hydrogens is 202 g/mol. The number of hydrogen-bond acceptors (Lipinski definition) is 2. The van der Waals surface area contributed by atoms with Crippen molar-refractivity contribution in [1.29, 1.82) is 0 Å². The van der Waals surface area contributed by atoms with Crippen LogP contribution < -0.4 is 5.32 Å². The number of aryl methyl sites for hydroxylation is 2. The maximum absolute atomic E-state index is 11.7. The molecule has 1 aromatic heterocycles. The second-order valence-corrected chi connectivity index (χ2v) is 4.79. The summed E-state index contributed by atoms with van der Waals surface area (Å²) >= 11 is 0. The zero-order valence-electron chi connectivity index (χ0n) is 10.1. The minimum absolute atomic E-state index is 0.162. The van der Waals surface area contributed by atoms with Gasteiger partial charge in [0.15, 0.2) is 0 Å². The predicted octanol–water partition coefficient (Wildman–Crippen LogP) is 1.80. The lowest BCUT2D eigenvalue weighted by molar-refractivity contribution is -0.121. The highest BCUT2D eigenvalue weighted by Gasteiger charge is 2.25. The van der Waals surface area contributed by atoms with E-state index in [-0.39, 0.29) is 11.8 Å². The number of carbonyl (C=O) groups is 1.